The molecule has 0 spiro atoms. The molecule has 0 bridgehead atoms. The Balaban J connectivity index is -0.0000000178. The summed E-state index contributed by atoms with van der Waals surface area (Å²) in [6.07, 6.45) is 4.31. The number of halogens is 2. The Morgan fingerprint density at radius 2 is 0.833 bits per heavy atom. The Kier molecular flexibility index (Phi) is 181. The van der Waals surface area contributed by atoms with E-state index in [1.165, 1.54) is 0 Å². The van der Waals surface area contributed by atoms with Gasteiger partial charge in [-0.25, -0.2) is 0 Å². The maximum absolute atomic E-state index is 8.36. The fourth-order valence-electron chi connectivity index (χ4n) is 0.604. The average molecular weight is 765 g/mol. The third-order valence-corrected chi connectivity index (χ3v) is 1.10. The predicted molar refractivity (Wildman–Crippen MR) is 87.3 cm³/mol. The van der Waals surface area contributed by atoms with Crippen molar-refractivity contribution in [1.29, 1.82) is 0 Å². The van der Waals surface area contributed by atoms with Crippen LogP contribution in [0.4, 0.5) is 0 Å². The Bertz CT molecular complexity index is 167. The molecule has 0 fully saturated rings. The van der Waals surface area contributed by atoms with E-state index < -0.39 is 10.2 Å². The molecule has 0 saturated carbocycles. The molecule has 0 aromatic heterocycles. The van der Waals surface area contributed by atoms with Gasteiger partial charge in [-0.3, -0.25) is 0 Å². The van der Waals surface area contributed by atoms with Crippen molar-refractivity contribution in [3.05, 3.63) is 56.3 Å². The maximum Gasteiger partial charge on any atom is -0.0550 e. The van der Waals surface area contributed by atoms with Crippen LogP contribution in [0.15, 0.2) is 0 Å². The standard InChI is InChI=1S/C6H14N2.2ClH.2HNO3.4H2N.2Pt/c7-5-3-1-2-4-6-8;;;2*2-1(3)4;;;;;;/h7-8H,1-6H2;2*1H;2*(H,2,3,4);4*1H2;;/q-2;;;;;4*-1;2*+1/p-2. The molecule has 0 unspecified atom stereocenters. The summed E-state index contributed by atoms with van der Waals surface area (Å²) in [6.45, 7) is 1.11. The zero-order valence-electron chi connectivity index (χ0n) is 12.4. The molecule has 0 amide bonds. The van der Waals surface area contributed by atoms with Gasteiger partial charge in [-0.05, 0) is 0 Å². The Labute approximate surface area is 171 Å². The molecular formula is C6H24Cl2N8O6Pt2-6. The molecule has 0 aliphatic heterocycles. The predicted octanol–water partition coefficient (Wildman–Crippen LogP) is 6.20. The van der Waals surface area contributed by atoms with Crippen LogP contribution in [0, 0.1) is 20.2 Å². The van der Waals surface area contributed by atoms with E-state index in [1.54, 1.807) is 37.5 Å². The van der Waals surface area contributed by atoms with Crippen LogP contribution < -0.4 is 0 Å². The van der Waals surface area contributed by atoms with Crippen molar-refractivity contribution in [3.63, 3.8) is 0 Å². The summed E-state index contributed by atoms with van der Waals surface area (Å²) >= 11 is 3.22. The van der Waals surface area contributed by atoms with Crippen molar-refractivity contribution in [1.82, 2.24) is 0 Å². The van der Waals surface area contributed by atoms with Crippen molar-refractivity contribution in [2.45, 2.75) is 25.7 Å². The molecule has 14 nitrogen and oxygen atoms in total. The van der Waals surface area contributed by atoms with Gasteiger partial charge in [0.25, 0.3) is 10.2 Å². The summed E-state index contributed by atoms with van der Waals surface area (Å²) in [5.74, 6) is 0. The van der Waals surface area contributed by atoms with Crippen molar-refractivity contribution in [3.8, 4) is 0 Å². The second-order valence-electron chi connectivity index (χ2n) is 2.39. The SMILES string of the molecule is O=[N+]([O-])O.O=[N+]([O-])O.[Cl][Pt].[Cl][Pt].[NH-]CCCCCC[NH-].[NH2-].[NH2-].[NH2-].[NH2-]. The summed E-state index contributed by atoms with van der Waals surface area (Å²) in [4.78, 5) is 16.7. The largest absolute Gasteiger partial charge is 0.693 e. The van der Waals surface area contributed by atoms with Crippen LogP contribution in [0.2, 0.25) is 0 Å². The van der Waals surface area contributed by atoms with Crippen molar-refractivity contribution >= 4 is 18.8 Å². The Morgan fingerprint density at radius 3 is 0.917 bits per heavy atom. The van der Waals surface area contributed by atoms with Gasteiger partial charge in [-0.15, -0.1) is 20.2 Å². The first-order valence-electron chi connectivity index (χ1n) is 4.58. The minimum absolute atomic E-state index is 0. The van der Waals surface area contributed by atoms with Crippen LogP contribution in [-0.4, -0.2) is 33.7 Å². The summed E-state index contributed by atoms with van der Waals surface area (Å²) in [5.41, 5.74) is 13.6. The number of rotatable bonds is 5. The normalized spacial score (nSPS) is 5.83. The van der Waals surface area contributed by atoms with Gasteiger partial charge in [0.1, 0.15) is 0 Å². The number of hydrogen-bond donors (Lipinski definition) is 2. The summed E-state index contributed by atoms with van der Waals surface area (Å²) in [6, 6.07) is 0. The maximum atomic E-state index is 8.36. The van der Waals surface area contributed by atoms with E-state index in [0.29, 0.717) is 13.1 Å². The molecule has 0 atom stereocenters. The van der Waals surface area contributed by atoms with E-state index in [2.05, 4.69) is 18.8 Å². The molecule has 0 aromatic carbocycles. The fraction of sp³-hybridized carbons (Fsp3) is 1.00. The average Bonchev–Trinajstić information content (AvgIpc) is 2.38. The van der Waals surface area contributed by atoms with Crippen LogP contribution in [0.25, 0.3) is 36.1 Å². The number of nitrogens with zero attached hydrogens (tertiary/aromatic N) is 2. The Morgan fingerprint density at radius 1 is 0.708 bits per heavy atom. The fourth-order valence-corrected chi connectivity index (χ4v) is 0.604. The molecule has 164 valence electrons. The molecule has 0 aromatic rings. The van der Waals surface area contributed by atoms with Gasteiger partial charge in [0.05, 0.1) is 0 Å². The van der Waals surface area contributed by atoms with Crippen LogP contribution in [0.5, 0.6) is 0 Å². The van der Waals surface area contributed by atoms with Crippen LogP contribution >= 0.6 is 18.8 Å². The topological polar surface area (TPSA) is 308 Å². The first-order valence-corrected chi connectivity index (χ1v) is 10.2. The van der Waals surface area contributed by atoms with Gasteiger partial charge in [0.2, 0.25) is 0 Å². The first kappa shape index (κ1) is 56.4. The molecule has 0 aliphatic carbocycles. The van der Waals surface area contributed by atoms with Gasteiger partial charge in [0, 0.05) is 0 Å². The molecule has 0 heterocycles. The minimum atomic E-state index is -1.50. The second-order valence-corrected chi connectivity index (χ2v) is 2.39. The summed E-state index contributed by atoms with van der Waals surface area (Å²) in [7, 11) is 9.22. The van der Waals surface area contributed by atoms with Gasteiger partial charge >= 0.3 is 56.4 Å². The smallest absolute Gasteiger partial charge is 0.0550 e. The zero-order valence-corrected chi connectivity index (χ0v) is 18.4. The molecular weight excluding hydrogens is 741 g/mol. The molecule has 0 saturated heterocycles. The molecule has 0 radical (unpaired) electrons. The Hall–Kier alpha value is 0.117. The number of hydrogen-bond acceptors (Lipinski definition) is 4. The summed E-state index contributed by atoms with van der Waals surface area (Å²) < 4.78 is 0. The third-order valence-electron chi connectivity index (χ3n) is 1.10. The van der Waals surface area contributed by atoms with Crippen LogP contribution in [0.3, 0.4) is 0 Å². The monoisotopic (exact) mass is 764 g/mol. The third kappa shape index (κ3) is 377. The van der Waals surface area contributed by atoms with Gasteiger partial charge in [0.15, 0.2) is 0 Å². The molecule has 18 heteroatoms. The summed E-state index contributed by atoms with van der Waals surface area (Å²) in [5, 5.41) is 27.3. The van der Waals surface area contributed by atoms with Crippen LogP contribution in [-0.2, 0) is 37.5 Å². The van der Waals surface area contributed by atoms with Crippen molar-refractivity contribution in [2.24, 2.45) is 0 Å². The molecule has 24 heavy (non-hydrogen) atoms. The van der Waals surface area contributed by atoms with Gasteiger partial charge < -0.3 is 46.5 Å². The van der Waals surface area contributed by atoms with E-state index >= 15 is 0 Å². The van der Waals surface area contributed by atoms with Crippen LogP contribution in [0.1, 0.15) is 25.7 Å². The molecule has 12 N–H and O–H groups in total. The van der Waals surface area contributed by atoms with E-state index in [4.69, 9.17) is 42.1 Å². The van der Waals surface area contributed by atoms with Gasteiger partial charge in [-0.2, -0.15) is 13.1 Å². The van der Waals surface area contributed by atoms with Crippen molar-refractivity contribution in [2.75, 3.05) is 13.1 Å². The van der Waals surface area contributed by atoms with Crippen molar-refractivity contribution < 1.29 is 58.1 Å². The quantitative estimate of drug-likeness (QED) is 0.186. The first-order chi connectivity index (χ1) is 9.38. The number of unbranched alkanes of at least 4 members (excludes halogenated alkanes) is 3. The van der Waals surface area contributed by atoms with E-state index in [9.17, 15) is 0 Å². The van der Waals surface area contributed by atoms with Gasteiger partial charge in [-0.1, -0.05) is 25.7 Å². The number of nitrogens with two attached hydrogens (primary N) is 4. The molecule has 0 aliphatic rings. The number of nitrogens with one attached hydrogen (secondary N) is 2. The van der Waals surface area contributed by atoms with E-state index in [-0.39, 0.29) is 24.6 Å². The van der Waals surface area contributed by atoms with E-state index in [0.717, 1.165) is 25.7 Å². The molecule has 0 rings (SSSR count). The minimum Gasteiger partial charge on any atom is -0.693 e. The van der Waals surface area contributed by atoms with E-state index in [1.807, 2.05) is 0 Å². The zero-order chi connectivity index (χ0) is 17.4. The second kappa shape index (κ2) is 77.0.